The summed E-state index contributed by atoms with van der Waals surface area (Å²) in [6, 6.07) is 1.22. The molecular formula is C8H8F2O2S. The van der Waals surface area contributed by atoms with E-state index in [2.05, 4.69) is 0 Å². The zero-order valence-corrected chi connectivity index (χ0v) is 7.91. The first-order valence-electron chi connectivity index (χ1n) is 3.54. The minimum atomic E-state index is -3.77. The van der Waals surface area contributed by atoms with Crippen LogP contribution in [0.3, 0.4) is 0 Å². The Hall–Kier alpha value is -0.970. The first-order chi connectivity index (χ1) is 5.85. The van der Waals surface area contributed by atoms with Crippen LogP contribution in [0.4, 0.5) is 8.78 Å². The van der Waals surface area contributed by atoms with Crippen molar-refractivity contribution in [1.82, 2.24) is 0 Å². The van der Waals surface area contributed by atoms with E-state index in [1.54, 1.807) is 6.92 Å². The number of alkyl halides is 2. The number of hydrogen-bond donors (Lipinski definition) is 1. The summed E-state index contributed by atoms with van der Waals surface area (Å²) in [5.74, 6) is -5.87. The van der Waals surface area contributed by atoms with Crippen molar-refractivity contribution in [2.45, 2.75) is 19.8 Å². The Kier molecular flexibility index (Phi) is 2.38. The van der Waals surface area contributed by atoms with Gasteiger partial charge >= 0.3 is 11.9 Å². The molecule has 0 atom stereocenters. The van der Waals surface area contributed by atoms with E-state index in [4.69, 9.17) is 5.11 Å². The van der Waals surface area contributed by atoms with Crippen molar-refractivity contribution in [3.8, 4) is 0 Å². The van der Waals surface area contributed by atoms with Crippen molar-refractivity contribution in [3.63, 3.8) is 0 Å². The quantitative estimate of drug-likeness (QED) is 0.807. The van der Waals surface area contributed by atoms with Crippen molar-refractivity contribution in [1.29, 1.82) is 0 Å². The molecule has 2 nitrogen and oxygen atoms in total. The van der Waals surface area contributed by atoms with Crippen molar-refractivity contribution >= 4 is 17.3 Å². The number of carboxylic acids is 1. The predicted octanol–water partition coefficient (Wildman–Crippen LogP) is 2.54. The molecule has 0 unspecified atom stereocenters. The van der Waals surface area contributed by atoms with Gasteiger partial charge in [-0.05, 0) is 19.9 Å². The van der Waals surface area contributed by atoms with Crippen LogP contribution in [-0.4, -0.2) is 11.1 Å². The van der Waals surface area contributed by atoms with E-state index in [0.29, 0.717) is 9.75 Å². The number of carboxylic acid groups (broad SMARTS) is 1. The van der Waals surface area contributed by atoms with Crippen LogP contribution < -0.4 is 0 Å². The monoisotopic (exact) mass is 206 g/mol. The fourth-order valence-corrected chi connectivity index (χ4v) is 2.01. The lowest BCUT2D eigenvalue weighted by atomic mass is 10.1. The molecule has 0 radical (unpaired) electrons. The lowest BCUT2D eigenvalue weighted by molar-refractivity contribution is -0.166. The van der Waals surface area contributed by atoms with Crippen LogP contribution in [0.5, 0.6) is 0 Å². The Balaban J connectivity index is 3.21. The minimum Gasteiger partial charge on any atom is -0.477 e. The Bertz CT molecular complexity index is 344. The number of aliphatic carboxylic acids is 1. The molecule has 0 amide bonds. The topological polar surface area (TPSA) is 37.3 Å². The van der Waals surface area contributed by atoms with E-state index >= 15 is 0 Å². The number of halogens is 2. The largest absolute Gasteiger partial charge is 0.477 e. The summed E-state index contributed by atoms with van der Waals surface area (Å²) in [5, 5.41) is 8.28. The summed E-state index contributed by atoms with van der Waals surface area (Å²) in [7, 11) is 0. The van der Waals surface area contributed by atoms with Gasteiger partial charge in [0.15, 0.2) is 0 Å². The SMILES string of the molecule is Cc1cc(C(F)(F)C(=O)O)c(C)s1. The average Bonchev–Trinajstić information content (AvgIpc) is 2.30. The van der Waals surface area contributed by atoms with Gasteiger partial charge in [0.05, 0.1) is 0 Å². The normalized spacial score (nSPS) is 11.7. The predicted molar refractivity (Wildman–Crippen MR) is 45.3 cm³/mol. The van der Waals surface area contributed by atoms with Crippen molar-refractivity contribution in [3.05, 3.63) is 21.4 Å². The average molecular weight is 206 g/mol. The van der Waals surface area contributed by atoms with Gasteiger partial charge in [-0.2, -0.15) is 8.78 Å². The molecule has 13 heavy (non-hydrogen) atoms. The van der Waals surface area contributed by atoms with Crippen LogP contribution in [0.2, 0.25) is 0 Å². The highest BCUT2D eigenvalue weighted by atomic mass is 32.1. The molecule has 0 bridgehead atoms. The molecule has 0 spiro atoms. The zero-order chi connectivity index (χ0) is 10.2. The number of aryl methyl sites for hydroxylation is 2. The van der Waals surface area contributed by atoms with Gasteiger partial charge in [0.1, 0.15) is 0 Å². The van der Waals surface area contributed by atoms with Crippen LogP contribution in [-0.2, 0) is 10.7 Å². The standard InChI is InChI=1S/C8H8F2O2S/c1-4-3-6(5(2)13-4)8(9,10)7(11)12/h3H,1-2H3,(H,11,12). The molecule has 1 aromatic heterocycles. The summed E-state index contributed by atoms with van der Waals surface area (Å²) in [4.78, 5) is 11.3. The number of rotatable bonds is 2. The molecule has 0 aliphatic heterocycles. The zero-order valence-electron chi connectivity index (χ0n) is 7.10. The van der Waals surface area contributed by atoms with Gasteiger partial charge in [0.2, 0.25) is 0 Å². The van der Waals surface area contributed by atoms with E-state index in [1.807, 2.05) is 0 Å². The maximum absolute atomic E-state index is 13.0. The highest BCUT2D eigenvalue weighted by molar-refractivity contribution is 7.12. The Labute approximate surface area is 77.8 Å². The summed E-state index contributed by atoms with van der Waals surface area (Å²) in [6.45, 7) is 3.16. The van der Waals surface area contributed by atoms with E-state index in [0.717, 1.165) is 0 Å². The van der Waals surface area contributed by atoms with E-state index < -0.39 is 17.5 Å². The van der Waals surface area contributed by atoms with Gasteiger partial charge in [0.25, 0.3) is 0 Å². The fourth-order valence-electron chi connectivity index (χ4n) is 1.06. The lowest BCUT2D eigenvalue weighted by Crippen LogP contribution is -2.25. The molecule has 0 aliphatic rings. The van der Waals surface area contributed by atoms with Crippen LogP contribution in [0.15, 0.2) is 6.07 Å². The van der Waals surface area contributed by atoms with Crippen molar-refractivity contribution < 1.29 is 18.7 Å². The van der Waals surface area contributed by atoms with Crippen molar-refractivity contribution in [2.75, 3.05) is 0 Å². The second kappa shape index (κ2) is 3.06. The first-order valence-corrected chi connectivity index (χ1v) is 4.36. The molecule has 0 saturated heterocycles. The molecule has 1 rings (SSSR count). The molecular weight excluding hydrogens is 198 g/mol. The molecule has 1 aromatic rings. The Morgan fingerprint density at radius 3 is 2.38 bits per heavy atom. The molecule has 1 heterocycles. The second-order valence-corrected chi connectivity index (χ2v) is 4.17. The van der Waals surface area contributed by atoms with Crippen LogP contribution in [0, 0.1) is 13.8 Å². The third kappa shape index (κ3) is 1.70. The maximum Gasteiger partial charge on any atom is 0.379 e. The lowest BCUT2D eigenvalue weighted by Gasteiger charge is -2.09. The summed E-state index contributed by atoms with van der Waals surface area (Å²) < 4.78 is 25.9. The van der Waals surface area contributed by atoms with Gasteiger partial charge in [-0.15, -0.1) is 11.3 Å². The highest BCUT2D eigenvalue weighted by Gasteiger charge is 2.42. The van der Waals surface area contributed by atoms with Gasteiger partial charge < -0.3 is 5.11 Å². The Morgan fingerprint density at radius 2 is 2.08 bits per heavy atom. The van der Waals surface area contributed by atoms with E-state index in [-0.39, 0.29) is 0 Å². The summed E-state index contributed by atoms with van der Waals surface area (Å²) >= 11 is 1.17. The number of hydrogen-bond acceptors (Lipinski definition) is 2. The van der Waals surface area contributed by atoms with Gasteiger partial charge in [-0.25, -0.2) is 4.79 Å². The molecule has 1 N–H and O–H groups in total. The van der Waals surface area contributed by atoms with Gasteiger partial charge in [0, 0.05) is 15.3 Å². The molecule has 0 saturated carbocycles. The Morgan fingerprint density at radius 1 is 1.54 bits per heavy atom. The van der Waals surface area contributed by atoms with E-state index in [1.165, 1.54) is 24.3 Å². The molecule has 5 heteroatoms. The molecule has 72 valence electrons. The third-order valence-electron chi connectivity index (χ3n) is 1.65. The van der Waals surface area contributed by atoms with Crippen molar-refractivity contribution in [2.24, 2.45) is 0 Å². The first kappa shape index (κ1) is 10.1. The van der Waals surface area contributed by atoms with E-state index in [9.17, 15) is 13.6 Å². The van der Waals surface area contributed by atoms with Crippen LogP contribution in [0.1, 0.15) is 15.3 Å². The molecule has 0 aromatic carbocycles. The highest BCUT2D eigenvalue weighted by Crippen LogP contribution is 2.35. The maximum atomic E-state index is 13.0. The molecule has 0 fully saturated rings. The number of thiophene rings is 1. The van der Waals surface area contributed by atoms with Crippen LogP contribution in [0.25, 0.3) is 0 Å². The van der Waals surface area contributed by atoms with Gasteiger partial charge in [-0.1, -0.05) is 0 Å². The summed E-state index contributed by atoms with van der Waals surface area (Å²) in [6.07, 6.45) is 0. The van der Waals surface area contributed by atoms with Gasteiger partial charge in [-0.3, -0.25) is 0 Å². The fraction of sp³-hybridized carbons (Fsp3) is 0.375. The van der Waals surface area contributed by atoms with Crippen LogP contribution >= 0.6 is 11.3 Å². The smallest absolute Gasteiger partial charge is 0.379 e. The summed E-state index contributed by atoms with van der Waals surface area (Å²) in [5.41, 5.74) is -0.400. The molecule has 0 aliphatic carbocycles. The second-order valence-electron chi connectivity index (χ2n) is 2.71. The minimum absolute atomic E-state index is 0.352. The third-order valence-corrected chi connectivity index (χ3v) is 2.61. The number of carbonyl (C=O) groups is 1.